The average molecular weight is 415 g/mol. The fourth-order valence-electron chi connectivity index (χ4n) is 0.438. The molecular weight excluding hydrogens is 395 g/mol. The Morgan fingerprint density at radius 2 is 1.00 bits per heavy atom. The molecule has 0 atom stereocenters. The molecule has 0 unspecified atom stereocenters. The third-order valence-electron chi connectivity index (χ3n) is 1.64. The van der Waals surface area contributed by atoms with Crippen LogP contribution in [0.2, 0.25) is 0 Å². The van der Waals surface area contributed by atoms with E-state index in [1.807, 2.05) is 6.07 Å². The first kappa shape index (κ1) is 25.4. The number of hydrogen-bond donors (Lipinski definition) is 0. The number of carbonyl (C=O) groups excluding carboxylic acids is 3. The number of carboxylic acid groups (broad SMARTS) is 3. The van der Waals surface area contributed by atoms with Crippen molar-refractivity contribution in [3.63, 3.8) is 0 Å². The number of carboxylic acids is 3. The van der Waals surface area contributed by atoms with E-state index >= 15 is 0 Å². The van der Waals surface area contributed by atoms with Crippen molar-refractivity contribution >= 4 is 44.0 Å². The Bertz CT molecular complexity index is 372. The van der Waals surface area contributed by atoms with Crippen molar-refractivity contribution in [2.75, 3.05) is 0 Å². The summed E-state index contributed by atoms with van der Waals surface area (Å²) < 4.78 is 1.41. The maximum absolute atomic E-state index is 9.26. The summed E-state index contributed by atoms with van der Waals surface area (Å²) in [6, 6.07) is 10.4. The quantitative estimate of drug-likeness (QED) is 0.523. The number of hydrogen-bond acceptors (Lipinski definition) is 6. The zero-order valence-corrected chi connectivity index (χ0v) is 15.8. The second-order valence-electron chi connectivity index (χ2n) is 3.54. The van der Waals surface area contributed by atoms with Gasteiger partial charge in [0.1, 0.15) is 0 Å². The predicted octanol–water partition coefficient (Wildman–Crippen LogP) is -2.08. The van der Waals surface area contributed by atoms with Gasteiger partial charge in [-0.1, -0.05) is 20.8 Å². The molecule has 7 heteroatoms. The molecule has 120 valence electrons. The van der Waals surface area contributed by atoms with Crippen molar-refractivity contribution in [2.24, 2.45) is 0 Å². The van der Waals surface area contributed by atoms with Gasteiger partial charge >= 0.3 is 56.4 Å². The standard InChI is InChI=1S/C6H5.3C3H6O2.Sn/c1-2-4-6-5-3-1;3*1-2-3(4)5;/h1-5H;3*2H2,1H3,(H,4,5);/q;;;;+3/p-3. The van der Waals surface area contributed by atoms with E-state index in [9.17, 15) is 29.7 Å². The van der Waals surface area contributed by atoms with Crippen molar-refractivity contribution in [3.05, 3.63) is 30.3 Å². The zero-order chi connectivity index (χ0) is 18.0. The molecule has 0 saturated carbocycles. The summed E-state index contributed by atoms with van der Waals surface area (Å²) in [4.78, 5) is 27.8. The van der Waals surface area contributed by atoms with Gasteiger partial charge in [0.15, 0.2) is 0 Å². The van der Waals surface area contributed by atoms with Gasteiger partial charge in [0.05, 0.1) is 0 Å². The van der Waals surface area contributed by atoms with Crippen LogP contribution in [0.5, 0.6) is 0 Å². The molecule has 0 aliphatic heterocycles. The van der Waals surface area contributed by atoms with E-state index in [0.717, 1.165) is 0 Å². The molecule has 0 radical (unpaired) electrons. The topological polar surface area (TPSA) is 120 Å². The van der Waals surface area contributed by atoms with Gasteiger partial charge in [-0.3, -0.25) is 0 Å². The molecule has 0 aliphatic rings. The molecule has 0 spiro atoms. The molecule has 0 N–H and O–H groups in total. The van der Waals surface area contributed by atoms with E-state index in [0.29, 0.717) is 0 Å². The van der Waals surface area contributed by atoms with Gasteiger partial charge in [0.25, 0.3) is 0 Å². The van der Waals surface area contributed by atoms with E-state index in [-0.39, 0.29) is 19.3 Å². The summed E-state index contributed by atoms with van der Waals surface area (Å²) in [5, 5.41) is 27.8. The van der Waals surface area contributed by atoms with Gasteiger partial charge in [0.2, 0.25) is 0 Å². The van der Waals surface area contributed by atoms with Gasteiger partial charge in [-0.2, -0.15) is 0 Å². The molecule has 0 heterocycles. The van der Waals surface area contributed by atoms with Crippen LogP contribution in [0.15, 0.2) is 30.3 Å². The van der Waals surface area contributed by atoms with Gasteiger partial charge in [-0.25, -0.2) is 0 Å². The minimum absolute atomic E-state index is 0.111. The summed E-state index contributed by atoms with van der Waals surface area (Å²) in [6.45, 7) is 4.61. The van der Waals surface area contributed by atoms with Crippen molar-refractivity contribution in [1.29, 1.82) is 0 Å². The van der Waals surface area contributed by atoms with E-state index in [2.05, 4.69) is 24.3 Å². The zero-order valence-electron chi connectivity index (χ0n) is 13.0. The number of aliphatic carboxylic acids is 3. The number of rotatable bonds is 3. The second-order valence-corrected chi connectivity index (χ2v) is 5.19. The molecule has 0 saturated heterocycles. The van der Waals surface area contributed by atoms with Gasteiger partial charge in [0, 0.05) is 17.9 Å². The van der Waals surface area contributed by atoms with Crippen LogP contribution in [0.3, 0.4) is 0 Å². The molecule has 0 bridgehead atoms. The first-order chi connectivity index (χ1) is 10.2. The molecule has 0 aliphatic carbocycles. The summed E-state index contributed by atoms with van der Waals surface area (Å²) in [7, 11) is 0. The Labute approximate surface area is 144 Å². The predicted molar refractivity (Wildman–Crippen MR) is 77.7 cm³/mol. The molecule has 0 fully saturated rings. The van der Waals surface area contributed by atoms with E-state index in [1.54, 1.807) is 0 Å². The van der Waals surface area contributed by atoms with Crippen LogP contribution >= 0.6 is 0 Å². The van der Waals surface area contributed by atoms with Crippen LogP contribution in [0.4, 0.5) is 0 Å². The number of benzene rings is 1. The molecule has 0 aromatic heterocycles. The molecule has 22 heavy (non-hydrogen) atoms. The monoisotopic (exact) mass is 416 g/mol. The minimum atomic E-state index is -0.995. The number of carbonyl (C=O) groups is 3. The van der Waals surface area contributed by atoms with Gasteiger partial charge < -0.3 is 29.7 Å². The third-order valence-corrected chi connectivity index (χ3v) is 2.59. The van der Waals surface area contributed by atoms with Crippen molar-refractivity contribution in [2.45, 2.75) is 40.0 Å². The maximum atomic E-state index is 9.26. The summed E-state index contributed by atoms with van der Waals surface area (Å²) in [5.41, 5.74) is 0. The Balaban J connectivity index is -0.000000223. The van der Waals surface area contributed by atoms with E-state index in [4.69, 9.17) is 0 Å². The van der Waals surface area contributed by atoms with Crippen molar-refractivity contribution in [3.8, 4) is 0 Å². The Morgan fingerprint density at radius 1 is 0.773 bits per heavy atom. The van der Waals surface area contributed by atoms with E-state index in [1.165, 1.54) is 46.9 Å². The summed E-state index contributed by atoms with van der Waals surface area (Å²) in [6.07, 6.45) is 0.333. The van der Waals surface area contributed by atoms with Crippen LogP contribution in [-0.2, 0) is 14.4 Å². The molecule has 1 aromatic rings. The van der Waals surface area contributed by atoms with Crippen molar-refractivity contribution < 1.29 is 29.7 Å². The summed E-state index contributed by atoms with van der Waals surface area (Å²) in [5.74, 6) is -2.99. The normalized spacial score (nSPS) is 7.86. The first-order valence-corrected chi connectivity index (χ1v) is 7.99. The van der Waals surface area contributed by atoms with Crippen LogP contribution in [0, 0.1) is 0 Å². The fraction of sp³-hybridized carbons (Fsp3) is 0.400. The Kier molecular flexibility index (Phi) is 22.4. The SMILES string of the molecule is CCC(=O)[O-].CCC(=O)[O-].CCC(=O)[O-].[Sn+3][c]1ccccc1. The average Bonchev–Trinajstić information content (AvgIpc) is 2.49. The van der Waals surface area contributed by atoms with Crippen molar-refractivity contribution in [1.82, 2.24) is 0 Å². The van der Waals surface area contributed by atoms with Crippen LogP contribution < -0.4 is 18.9 Å². The van der Waals surface area contributed by atoms with E-state index < -0.39 is 17.9 Å². The fourth-order valence-corrected chi connectivity index (χ4v) is 0.987. The van der Waals surface area contributed by atoms with Crippen LogP contribution in [0.25, 0.3) is 0 Å². The molecule has 6 nitrogen and oxygen atoms in total. The third kappa shape index (κ3) is 36.2. The Morgan fingerprint density at radius 3 is 1.09 bits per heavy atom. The molecule has 1 rings (SSSR count). The Hall–Kier alpha value is -1.57. The summed E-state index contributed by atoms with van der Waals surface area (Å²) >= 11 is 1.49. The second kappa shape index (κ2) is 19.4. The van der Waals surface area contributed by atoms with Crippen LogP contribution in [0.1, 0.15) is 40.0 Å². The molecular formula is C15H20O6Sn. The van der Waals surface area contributed by atoms with Crippen LogP contribution in [-0.4, -0.2) is 40.4 Å². The van der Waals surface area contributed by atoms with Gasteiger partial charge in [-0.05, 0) is 19.3 Å². The molecule has 1 aromatic carbocycles. The first-order valence-electron chi connectivity index (χ1n) is 6.57. The molecule has 0 amide bonds. The van der Waals surface area contributed by atoms with Gasteiger partial charge in [-0.15, -0.1) is 0 Å².